The summed E-state index contributed by atoms with van der Waals surface area (Å²) in [5.74, 6) is -0.368. The summed E-state index contributed by atoms with van der Waals surface area (Å²) in [6.07, 6.45) is 3.73. The highest BCUT2D eigenvalue weighted by molar-refractivity contribution is 7.89. The molecule has 150 valence electrons. The second-order valence-electron chi connectivity index (χ2n) is 7.22. The van der Waals surface area contributed by atoms with Gasteiger partial charge in [0.2, 0.25) is 10.0 Å². The van der Waals surface area contributed by atoms with Gasteiger partial charge in [-0.3, -0.25) is 4.79 Å². The van der Waals surface area contributed by atoms with E-state index in [-0.39, 0.29) is 21.4 Å². The van der Waals surface area contributed by atoms with Gasteiger partial charge >= 0.3 is 0 Å². The number of nitrogens with zero attached hydrogens (tertiary/aromatic N) is 1. The number of amides is 1. The van der Waals surface area contributed by atoms with Crippen LogP contribution < -0.4 is 5.32 Å². The first-order chi connectivity index (χ1) is 13.3. The fourth-order valence-corrected chi connectivity index (χ4v) is 5.30. The Balaban J connectivity index is 1.87. The van der Waals surface area contributed by atoms with Crippen molar-refractivity contribution in [2.75, 3.05) is 18.4 Å². The SMILES string of the molecule is Cc1ccc(NC(=O)c2ccc(Cl)c(S(=O)(=O)N3CCCCCC3)c2)cc1C. The number of nitrogens with one attached hydrogen (secondary N) is 1. The van der Waals surface area contributed by atoms with Crippen LogP contribution >= 0.6 is 11.6 Å². The third-order valence-corrected chi connectivity index (χ3v) is 7.52. The van der Waals surface area contributed by atoms with E-state index in [2.05, 4.69) is 5.32 Å². The van der Waals surface area contributed by atoms with Crippen LogP contribution in [0.1, 0.15) is 47.2 Å². The summed E-state index contributed by atoms with van der Waals surface area (Å²) in [4.78, 5) is 12.7. The molecule has 0 saturated carbocycles. The van der Waals surface area contributed by atoms with Crippen LogP contribution in [0, 0.1) is 13.8 Å². The second kappa shape index (κ2) is 8.64. The monoisotopic (exact) mass is 420 g/mol. The van der Waals surface area contributed by atoms with Gasteiger partial charge in [-0.05, 0) is 68.1 Å². The Bertz CT molecular complexity index is 981. The molecule has 0 atom stereocenters. The largest absolute Gasteiger partial charge is 0.322 e. The quantitative estimate of drug-likeness (QED) is 0.774. The van der Waals surface area contributed by atoms with Crippen molar-refractivity contribution in [3.63, 3.8) is 0 Å². The molecule has 0 aromatic heterocycles. The van der Waals surface area contributed by atoms with Crippen molar-refractivity contribution in [1.82, 2.24) is 4.31 Å². The number of hydrogen-bond donors (Lipinski definition) is 1. The summed E-state index contributed by atoms with van der Waals surface area (Å²) in [5, 5.41) is 2.95. The van der Waals surface area contributed by atoms with Gasteiger partial charge in [0.15, 0.2) is 0 Å². The standard InChI is InChI=1S/C21H25ClN2O3S/c1-15-7-9-18(13-16(15)2)23-21(25)17-8-10-19(22)20(14-17)28(26,27)24-11-5-3-4-6-12-24/h7-10,13-14H,3-6,11-12H2,1-2H3,(H,23,25). The summed E-state index contributed by atoms with van der Waals surface area (Å²) in [5.41, 5.74) is 3.13. The molecule has 0 aliphatic carbocycles. The number of sulfonamides is 1. The van der Waals surface area contributed by atoms with E-state index < -0.39 is 10.0 Å². The minimum absolute atomic E-state index is 0.0104. The number of carbonyl (C=O) groups is 1. The van der Waals surface area contributed by atoms with Crippen molar-refractivity contribution < 1.29 is 13.2 Å². The fraction of sp³-hybridized carbons (Fsp3) is 0.381. The van der Waals surface area contributed by atoms with E-state index in [1.54, 1.807) is 6.07 Å². The van der Waals surface area contributed by atoms with Gasteiger partial charge in [-0.2, -0.15) is 4.31 Å². The van der Waals surface area contributed by atoms with Gasteiger partial charge < -0.3 is 5.32 Å². The Kier molecular flexibility index (Phi) is 6.43. The lowest BCUT2D eigenvalue weighted by Gasteiger charge is -2.21. The van der Waals surface area contributed by atoms with E-state index in [9.17, 15) is 13.2 Å². The summed E-state index contributed by atoms with van der Waals surface area (Å²) in [7, 11) is -3.74. The predicted octanol–water partition coefficient (Wildman–Crippen LogP) is 4.77. The van der Waals surface area contributed by atoms with Crippen LogP contribution in [0.15, 0.2) is 41.3 Å². The maximum absolute atomic E-state index is 13.1. The van der Waals surface area contributed by atoms with Gasteiger partial charge in [0.25, 0.3) is 5.91 Å². The van der Waals surface area contributed by atoms with Crippen molar-refractivity contribution in [2.24, 2.45) is 0 Å². The Labute approximate surface area is 171 Å². The molecule has 0 spiro atoms. The van der Waals surface area contributed by atoms with E-state index in [0.29, 0.717) is 18.8 Å². The first-order valence-corrected chi connectivity index (χ1v) is 11.3. The van der Waals surface area contributed by atoms with Crippen LogP contribution in [0.5, 0.6) is 0 Å². The molecule has 5 nitrogen and oxygen atoms in total. The summed E-state index contributed by atoms with van der Waals surface area (Å²) < 4.78 is 27.7. The summed E-state index contributed by atoms with van der Waals surface area (Å²) >= 11 is 6.21. The molecule has 28 heavy (non-hydrogen) atoms. The van der Waals surface area contributed by atoms with Crippen molar-refractivity contribution in [1.29, 1.82) is 0 Å². The van der Waals surface area contributed by atoms with Crippen LogP contribution in [0.25, 0.3) is 0 Å². The van der Waals surface area contributed by atoms with Gasteiger partial charge in [-0.1, -0.05) is 30.5 Å². The molecule has 1 fully saturated rings. The number of aryl methyl sites for hydroxylation is 2. The molecule has 0 unspecified atom stereocenters. The highest BCUT2D eigenvalue weighted by Gasteiger charge is 2.28. The Morgan fingerprint density at radius 1 is 0.964 bits per heavy atom. The molecule has 3 rings (SSSR count). The maximum atomic E-state index is 13.1. The lowest BCUT2D eigenvalue weighted by atomic mass is 10.1. The van der Waals surface area contributed by atoms with Gasteiger partial charge in [0.1, 0.15) is 4.90 Å². The molecule has 0 radical (unpaired) electrons. The van der Waals surface area contributed by atoms with E-state index in [4.69, 9.17) is 11.6 Å². The van der Waals surface area contributed by atoms with Gasteiger partial charge in [-0.15, -0.1) is 0 Å². The van der Waals surface area contributed by atoms with Gasteiger partial charge in [0, 0.05) is 24.3 Å². The molecule has 1 aliphatic heterocycles. The minimum Gasteiger partial charge on any atom is -0.322 e. The van der Waals surface area contributed by atoms with Crippen molar-refractivity contribution >= 4 is 33.2 Å². The molecule has 7 heteroatoms. The number of halogens is 1. The van der Waals surface area contributed by atoms with E-state index in [1.807, 2.05) is 32.0 Å². The molecular formula is C21H25ClN2O3S. The van der Waals surface area contributed by atoms with Gasteiger partial charge in [-0.25, -0.2) is 8.42 Å². The average molecular weight is 421 g/mol. The van der Waals surface area contributed by atoms with Crippen LogP contribution in [0.2, 0.25) is 5.02 Å². The minimum atomic E-state index is -3.74. The fourth-order valence-electron chi connectivity index (χ4n) is 3.29. The van der Waals surface area contributed by atoms with Crippen molar-refractivity contribution in [2.45, 2.75) is 44.4 Å². The van der Waals surface area contributed by atoms with E-state index >= 15 is 0 Å². The second-order valence-corrected chi connectivity index (χ2v) is 9.53. The zero-order valence-electron chi connectivity index (χ0n) is 16.2. The van der Waals surface area contributed by atoms with Crippen LogP contribution in [-0.2, 0) is 10.0 Å². The van der Waals surface area contributed by atoms with Crippen molar-refractivity contribution in [3.05, 3.63) is 58.1 Å². The molecule has 2 aromatic carbocycles. The lowest BCUT2D eigenvalue weighted by Crippen LogP contribution is -2.32. The predicted molar refractivity (Wildman–Crippen MR) is 113 cm³/mol. The average Bonchev–Trinajstić information content (AvgIpc) is 2.95. The maximum Gasteiger partial charge on any atom is 0.255 e. The Morgan fingerprint density at radius 2 is 1.64 bits per heavy atom. The molecule has 0 bridgehead atoms. The smallest absolute Gasteiger partial charge is 0.255 e. The third kappa shape index (κ3) is 4.57. The number of benzene rings is 2. The molecular weight excluding hydrogens is 396 g/mol. The Morgan fingerprint density at radius 3 is 2.29 bits per heavy atom. The number of carbonyl (C=O) groups excluding carboxylic acids is 1. The van der Waals surface area contributed by atoms with Crippen LogP contribution in [-0.4, -0.2) is 31.7 Å². The van der Waals surface area contributed by atoms with Crippen molar-refractivity contribution in [3.8, 4) is 0 Å². The molecule has 1 N–H and O–H groups in total. The lowest BCUT2D eigenvalue weighted by molar-refractivity contribution is 0.102. The zero-order chi connectivity index (χ0) is 20.3. The first kappa shape index (κ1) is 20.8. The Hall–Kier alpha value is -1.89. The number of rotatable bonds is 4. The molecule has 2 aromatic rings. The van der Waals surface area contributed by atoms with E-state index in [1.165, 1.54) is 16.4 Å². The summed E-state index contributed by atoms with van der Waals surface area (Å²) in [6.45, 7) is 4.94. The zero-order valence-corrected chi connectivity index (χ0v) is 17.7. The topological polar surface area (TPSA) is 66.5 Å². The van der Waals surface area contributed by atoms with Crippen LogP contribution in [0.3, 0.4) is 0 Å². The first-order valence-electron chi connectivity index (χ1n) is 9.47. The van der Waals surface area contributed by atoms with Gasteiger partial charge in [0.05, 0.1) is 5.02 Å². The highest BCUT2D eigenvalue weighted by Crippen LogP contribution is 2.28. The molecule has 1 heterocycles. The van der Waals surface area contributed by atoms with E-state index in [0.717, 1.165) is 36.8 Å². The molecule has 1 saturated heterocycles. The number of anilines is 1. The summed E-state index contributed by atoms with van der Waals surface area (Å²) in [6, 6.07) is 10.0. The molecule has 1 aliphatic rings. The third-order valence-electron chi connectivity index (χ3n) is 5.14. The highest BCUT2D eigenvalue weighted by atomic mass is 35.5. The number of hydrogen-bond acceptors (Lipinski definition) is 3. The van der Waals surface area contributed by atoms with Crippen LogP contribution in [0.4, 0.5) is 5.69 Å². The molecule has 1 amide bonds. The normalized spacial score (nSPS) is 15.8.